The van der Waals surface area contributed by atoms with Crippen molar-refractivity contribution in [3.8, 4) is 0 Å². The Morgan fingerprint density at radius 1 is 1.14 bits per heavy atom. The van der Waals surface area contributed by atoms with Gasteiger partial charge in [-0.05, 0) is 31.0 Å². The lowest BCUT2D eigenvalue weighted by molar-refractivity contribution is 0.0736. The fourth-order valence-electron chi connectivity index (χ4n) is 2.03. The van der Waals surface area contributed by atoms with Gasteiger partial charge in [-0.15, -0.1) is 10.2 Å². The number of hydrogen-bond donors (Lipinski definition) is 0. The molecular weight excluding hydrogens is 286 g/mol. The largest absolute Gasteiger partial charge is 0.333 e. The van der Waals surface area contributed by atoms with Crippen LogP contribution in [-0.2, 0) is 6.54 Å². The Kier molecular flexibility index (Phi) is 5.28. The molecule has 1 aromatic heterocycles. The highest BCUT2D eigenvalue weighted by Gasteiger charge is 2.17. The van der Waals surface area contributed by atoms with E-state index in [0.717, 1.165) is 12.0 Å². The second kappa shape index (κ2) is 7.18. The molecule has 0 N–H and O–H groups in total. The van der Waals surface area contributed by atoms with Crippen molar-refractivity contribution >= 4 is 17.5 Å². The second-order valence-corrected chi connectivity index (χ2v) is 5.34. The second-order valence-electron chi connectivity index (χ2n) is 4.95. The molecule has 0 radical (unpaired) electrons. The van der Waals surface area contributed by atoms with Crippen LogP contribution >= 0.6 is 11.6 Å². The number of carbonyl (C=O) groups is 1. The quantitative estimate of drug-likeness (QED) is 0.849. The van der Waals surface area contributed by atoms with Gasteiger partial charge in [0.1, 0.15) is 0 Å². The fourth-order valence-corrected chi connectivity index (χ4v) is 2.13. The first-order chi connectivity index (χ1) is 10.1. The van der Waals surface area contributed by atoms with E-state index >= 15 is 0 Å². The van der Waals surface area contributed by atoms with Crippen LogP contribution in [0.5, 0.6) is 0 Å². The maximum Gasteiger partial charge on any atom is 0.274 e. The van der Waals surface area contributed by atoms with Crippen molar-refractivity contribution in [3.63, 3.8) is 0 Å². The lowest BCUT2D eigenvalue weighted by Crippen LogP contribution is -2.32. The molecule has 0 saturated carbocycles. The maximum atomic E-state index is 12.5. The van der Waals surface area contributed by atoms with E-state index in [0.29, 0.717) is 18.8 Å². The molecular formula is C16H18ClN3O. The number of amides is 1. The molecule has 0 atom stereocenters. The number of benzene rings is 1. The molecule has 2 aromatic rings. The summed E-state index contributed by atoms with van der Waals surface area (Å²) >= 11 is 5.70. The average molecular weight is 304 g/mol. The number of nitrogens with zero attached hydrogens (tertiary/aromatic N) is 3. The van der Waals surface area contributed by atoms with Crippen molar-refractivity contribution in [1.29, 1.82) is 0 Å². The Bertz CT molecular complexity index is 596. The van der Waals surface area contributed by atoms with Gasteiger partial charge in [-0.3, -0.25) is 4.79 Å². The summed E-state index contributed by atoms with van der Waals surface area (Å²) in [6, 6.07) is 11.4. The zero-order valence-electron chi connectivity index (χ0n) is 12.2. The van der Waals surface area contributed by atoms with E-state index in [4.69, 9.17) is 11.6 Å². The van der Waals surface area contributed by atoms with Gasteiger partial charge in [-0.1, -0.05) is 48.4 Å². The summed E-state index contributed by atoms with van der Waals surface area (Å²) in [5.41, 5.74) is 2.62. The fraction of sp³-hybridized carbons (Fsp3) is 0.312. The zero-order chi connectivity index (χ0) is 15.2. The van der Waals surface area contributed by atoms with Crippen molar-refractivity contribution in [1.82, 2.24) is 15.1 Å². The molecule has 0 saturated heterocycles. The third kappa shape index (κ3) is 4.26. The standard InChI is InChI=1S/C16H18ClN3O/c1-3-10-20(11-13-6-4-12(2)5-7-13)16(21)14-8-9-15(17)19-18-14/h4-9H,3,10-11H2,1-2H3. The predicted molar refractivity (Wildman–Crippen MR) is 83.3 cm³/mol. The van der Waals surface area contributed by atoms with E-state index in [1.165, 1.54) is 5.56 Å². The van der Waals surface area contributed by atoms with Crippen LogP contribution < -0.4 is 0 Å². The number of aromatic nitrogens is 2. The van der Waals surface area contributed by atoms with Crippen LogP contribution in [0.2, 0.25) is 5.15 Å². The van der Waals surface area contributed by atoms with Crippen molar-refractivity contribution in [2.75, 3.05) is 6.54 Å². The molecule has 2 rings (SSSR count). The van der Waals surface area contributed by atoms with Crippen LogP contribution in [0.15, 0.2) is 36.4 Å². The van der Waals surface area contributed by atoms with Crippen molar-refractivity contribution < 1.29 is 4.79 Å². The topological polar surface area (TPSA) is 46.1 Å². The van der Waals surface area contributed by atoms with E-state index in [9.17, 15) is 4.79 Å². The van der Waals surface area contributed by atoms with Gasteiger partial charge in [-0.2, -0.15) is 0 Å². The van der Waals surface area contributed by atoms with Gasteiger partial charge in [0.15, 0.2) is 10.8 Å². The van der Waals surface area contributed by atoms with Crippen molar-refractivity contribution in [2.24, 2.45) is 0 Å². The van der Waals surface area contributed by atoms with Crippen molar-refractivity contribution in [2.45, 2.75) is 26.8 Å². The van der Waals surface area contributed by atoms with Crippen LogP contribution in [-0.4, -0.2) is 27.5 Å². The monoisotopic (exact) mass is 303 g/mol. The average Bonchev–Trinajstić information content (AvgIpc) is 2.49. The molecule has 4 nitrogen and oxygen atoms in total. The Morgan fingerprint density at radius 2 is 1.86 bits per heavy atom. The SMILES string of the molecule is CCCN(Cc1ccc(C)cc1)C(=O)c1ccc(Cl)nn1. The van der Waals surface area contributed by atoms with Crippen LogP contribution in [0.25, 0.3) is 0 Å². The normalized spacial score (nSPS) is 10.4. The first-order valence-electron chi connectivity index (χ1n) is 6.94. The van der Waals surface area contributed by atoms with Gasteiger partial charge in [0.2, 0.25) is 0 Å². The highest BCUT2D eigenvalue weighted by Crippen LogP contribution is 2.11. The van der Waals surface area contributed by atoms with Gasteiger partial charge in [0.05, 0.1) is 0 Å². The van der Waals surface area contributed by atoms with E-state index in [-0.39, 0.29) is 11.1 Å². The first kappa shape index (κ1) is 15.4. The van der Waals surface area contributed by atoms with E-state index in [1.807, 2.05) is 38.1 Å². The van der Waals surface area contributed by atoms with Crippen LogP contribution in [0, 0.1) is 6.92 Å². The molecule has 1 aromatic carbocycles. The molecule has 0 aliphatic heterocycles. The zero-order valence-corrected chi connectivity index (χ0v) is 13.0. The lowest BCUT2D eigenvalue weighted by atomic mass is 10.1. The summed E-state index contributed by atoms with van der Waals surface area (Å²) in [6.07, 6.45) is 0.888. The summed E-state index contributed by atoms with van der Waals surface area (Å²) < 4.78 is 0. The molecule has 0 unspecified atom stereocenters. The molecule has 110 valence electrons. The molecule has 0 aliphatic rings. The number of rotatable bonds is 5. The molecule has 0 spiro atoms. The Labute approximate surface area is 129 Å². The molecule has 0 bridgehead atoms. The van der Waals surface area contributed by atoms with Crippen LogP contribution in [0.4, 0.5) is 0 Å². The third-order valence-corrected chi connectivity index (χ3v) is 3.33. The van der Waals surface area contributed by atoms with Gasteiger partial charge in [0.25, 0.3) is 5.91 Å². The summed E-state index contributed by atoms with van der Waals surface area (Å²) in [6.45, 7) is 5.33. The summed E-state index contributed by atoms with van der Waals surface area (Å²) in [7, 11) is 0. The van der Waals surface area contributed by atoms with Gasteiger partial charge in [-0.25, -0.2) is 0 Å². The van der Waals surface area contributed by atoms with E-state index in [1.54, 1.807) is 17.0 Å². The smallest absolute Gasteiger partial charge is 0.274 e. The Morgan fingerprint density at radius 3 is 2.43 bits per heavy atom. The summed E-state index contributed by atoms with van der Waals surface area (Å²) in [5.74, 6) is -0.124. The summed E-state index contributed by atoms with van der Waals surface area (Å²) in [4.78, 5) is 14.3. The number of halogens is 1. The maximum absolute atomic E-state index is 12.5. The van der Waals surface area contributed by atoms with E-state index in [2.05, 4.69) is 10.2 Å². The van der Waals surface area contributed by atoms with Crippen LogP contribution in [0.3, 0.4) is 0 Å². The first-order valence-corrected chi connectivity index (χ1v) is 7.32. The number of aryl methyl sites for hydroxylation is 1. The molecule has 0 aliphatic carbocycles. The minimum Gasteiger partial charge on any atom is -0.333 e. The number of carbonyl (C=O) groups excluding carboxylic acids is 1. The van der Waals surface area contributed by atoms with Gasteiger partial charge in [0, 0.05) is 13.1 Å². The highest BCUT2D eigenvalue weighted by molar-refractivity contribution is 6.29. The lowest BCUT2D eigenvalue weighted by Gasteiger charge is -2.21. The van der Waals surface area contributed by atoms with Crippen molar-refractivity contribution in [3.05, 3.63) is 58.4 Å². The Balaban J connectivity index is 2.15. The minimum absolute atomic E-state index is 0.124. The third-order valence-electron chi connectivity index (χ3n) is 3.13. The minimum atomic E-state index is -0.124. The highest BCUT2D eigenvalue weighted by atomic mass is 35.5. The predicted octanol–water partition coefficient (Wildman–Crippen LogP) is 3.49. The molecule has 1 heterocycles. The molecule has 1 amide bonds. The van der Waals surface area contributed by atoms with Gasteiger partial charge < -0.3 is 4.90 Å². The molecule has 5 heteroatoms. The molecule has 21 heavy (non-hydrogen) atoms. The van der Waals surface area contributed by atoms with Gasteiger partial charge >= 0.3 is 0 Å². The summed E-state index contributed by atoms with van der Waals surface area (Å²) in [5, 5.41) is 7.88. The van der Waals surface area contributed by atoms with E-state index < -0.39 is 0 Å². The van der Waals surface area contributed by atoms with Crippen LogP contribution in [0.1, 0.15) is 35.0 Å². The Hall–Kier alpha value is -1.94. The molecule has 0 fully saturated rings. The number of hydrogen-bond acceptors (Lipinski definition) is 3.